The molecule has 0 aliphatic carbocycles. The number of hydrogen-bond acceptors (Lipinski definition) is 4. The lowest BCUT2D eigenvalue weighted by atomic mass is 9.97. The number of nitrogens with one attached hydrogen (secondary N) is 1. The highest BCUT2D eigenvalue weighted by molar-refractivity contribution is 5.96. The van der Waals surface area contributed by atoms with Crippen LogP contribution < -0.4 is 14.8 Å². The van der Waals surface area contributed by atoms with Crippen LogP contribution in [-0.4, -0.2) is 19.5 Å². The van der Waals surface area contributed by atoms with Gasteiger partial charge in [-0.3, -0.25) is 4.79 Å². The molecule has 0 saturated carbocycles. The number of aryl methyl sites for hydroxylation is 1. The summed E-state index contributed by atoms with van der Waals surface area (Å²) in [5, 5.41) is 3.53. The lowest BCUT2D eigenvalue weighted by Gasteiger charge is -2.21. The molecule has 4 nitrogen and oxygen atoms in total. The molecule has 1 unspecified atom stereocenters. The second-order valence-corrected chi connectivity index (χ2v) is 7.11. The number of rotatable bonds is 10. The average molecular weight is 404 g/mol. The molecule has 0 aliphatic rings. The van der Waals surface area contributed by atoms with Crippen LogP contribution in [0.25, 0.3) is 0 Å². The van der Waals surface area contributed by atoms with Crippen molar-refractivity contribution in [3.05, 3.63) is 89.5 Å². The first kappa shape index (κ1) is 21.4. The van der Waals surface area contributed by atoms with Gasteiger partial charge < -0.3 is 14.8 Å². The van der Waals surface area contributed by atoms with Gasteiger partial charge in [0.1, 0.15) is 11.5 Å². The monoisotopic (exact) mass is 403 g/mol. The predicted octanol–water partition coefficient (Wildman–Crippen LogP) is 6.08. The maximum absolute atomic E-state index is 13.0. The van der Waals surface area contributed by atoms with Crippen molar-refractivity contribution in [3.63, 3.8) is 0 Å². The Bertz CT molecular complexity index is 932. The highest BCUT2D eigenvalue weighted by atomic mass is 16.5. The van der Waals surface area contributed by atoms with Gasteiger partial charge in [0.2, 0.25) is 0 Å². The molecule has 3 aromatic carbocycles. The number of anilines is 1. The number of ether oxygens (including phenoxy) is 2. The van der Waals surface area contributed by atoms with E-state index in [-0.39, 0.29) is 11.8 Å². The molecule has 0 aromatic heterocycles. The topological polar surface area (TPSA) is 47.6 Å². The van der Waals surface area contributed by atoms with E-state index in [1.165, 1.54) is 5.56 Å². The molecular formula is C26H29NO3. The average Bonchev–Trinajstić information content (AvgIpc) is 2.80. The molecule has 0 saturated heterocycles. The van der Waals surface area contributed by atoms with Crippen LogP contribution in [0.5, 0.6) is 11.5 Å². The van der Waals surface area contributed by atoms with E-state index in [2.05, 4.69) is 36.5 Å². The molecule has 30 heavy (non-hydrogen) atoms. The minimum atomic E-state index is -0.150. The number of benzene rings is 3. The van der Waals surface area contributed by atoms with Gasteiger partial charge in [-0.25, -0.2) is 0 Å². The zero-order valence-corrected chi connectivity index (χ0v) is 17.9. The van der Waals surface area contributed by atoms with Crippen LogP contribution in [0.3, 0.4) is 0 Å². The highest BCUT2D eigenvalue weighted by Gasteiger charge is 2.18. The SMILES string of the molecule is CCOc1ccc(C(CC(=O)c2ccc(OC)cc2)Nc2ccc(CC)cc2)cc1. The Morgan fingerprint density at radius 2 is 1.50 bits per heavy atom. The fourth-order valence-electron chi connectivity index (χ4n) is 3.33. The van der Waals surface area contributed by atoms with Gasteiger partial charge in [-0.2, -0.15) is 0 Å². The summed E-state index contributed by atoms with van der Waals surface area (Å²) in [5.74, 6) is 1.65. The molecule has 1 N–H and O–H groups in total. The first-order chi connectivity index (χ1) is 14.6. The van der Waals surface area contributed by atoms with E-state index in [4.69, 9.17) is 9.47 Å². The molecule has 0 aliphatic heterocycles. The number of carbonyl (C=O) groups is 1. The van der Waals surface area contributed by atoms with E-state index in [0.717, 1.165) is 29.2 Å². The van der Waals surface area contributed by atoms with E-state index in [0.29, 0.717) is 18.6 Å². The van der Waals surface area contributed by atoms with Gasteiger partial charge in [-0.05, 0) is 73.0 Å². The Hall–Kier alpha value is -3.27. The second-order valence-electron chi connectivity index (χ2n) is 7.11. The molecule has 0 radical (unpaired) electrons. The molecule has 3 aromatic rings. The van der Waals surface area contributed by atoms with E-state index in [1.54, 1.807) is 7.11 Å². The van der Waals surface area contributed by atoms with Crippen LogP contribution in [0.2, 0.25) is 0 Å². The fourth-order valence-corrected chi connectivity index (χ4v) is 3.33. The Morgan fingerprint density at radius 3 is 2.07 bits per heavy atom. The summed E-state index contributed by atoms with van der Waals surface area (Å²) < 4.78 is 10.8. The van der Waals surface area contributed by atoms with Crippen LogP contribution in [0, 0.1) is 0 Å². The minimum absolute atomic E-state index is 0.0780. The summed E-state index contributed by atoms with van der Waals surface area (Å²) in [6.07, 6.45) is 1.34. The van der Waals surface area contributed by atoms with Crippen molar-refractivity contribution in [2.24, 2.45) is 0 Å². The van der Waals surface area contributed by atoms with Gasteiger partial charge in [0.25, 0.3) is 0 Å². The van der Waals surface area contributed by atoms with E-state index in [1.807, 2.05) is 55.5 Å². The standard InChI is InChI=1S/C26H29NO3/c1-4-19-6-12-22(13-7-19)27-25(20-8-16-24(17-9-20)30-5-2)18-26(28)21-10-14-23(29-3)15-11-21/h6-17,25,27H,4-5,18H2,1-3H3. The van der Waals surface area contributed by atoms with E-state index < -0.39 is 0 Å². The molecule has 0 bridgehead atoms. The quantitative estimate of drug-likeness (QED) is 0.417. The molecule has 0 fully saturated rings. The predicted molar refractivity (Wildman–Crippen MR) is 122 cm³/mol. The van der Waals surface area contributed by atoms with Gasteiger partial charge in [0, 0.05) is 17.7 Å². The van der Waals surface area contributed by atoms with Gasteiger partial charge in [0.05, 0.1) is 19.8 Å². The van der Waals surface area contributed by atoms with Crippen molar-refractivity contribution in [2.75, 3.05) is 19.0 Å². The molecule has 0 amide bonds. The minimum Gasteiger partial charge on any atom is -0.497 e. The van der Waals surface area contributed by atoms with Crippen LogP contribution in [0.15, 0.2) is 72.8 Å². The first-order valence-electron chi connectivity index (χ1n) is 10.4. The molecule has 156 valence electrons. The third-order valence-corrected chi connectivity index (χ3v) is 5.10. The van der Waals surface area contributed by atoms with E-state index >= 15 is 0 Å². The maximum Gasteiger partial charge on any atom is 0.165 e. The van der Waals surface area contributed by atoms with E-state index in [9.17, 15) is 4.79 Å². The number of hydrogen-bond donors (Lipinski definition) is 1. The summed E-state index contributed by atoms with van der Waals surface area (Å²) in [4.78, 5) is 13.0. The van der Waals surface area contributed by atoms with Crippen LogP contribution in [0.1, 0.15) is 47.8 Å². The van der Waals surface area contributed by atoms with Crippen molar-refractivity contribution < 1.29 is 14.3 Å². The molecule has 1 atom stereocenters. The zero-order valence-electron chi connectivity index (χ0n) is 17.9. The maximum atomic E-state index is 13.0. The Kier molecular flexibility index (Phi) is 7.50. The summed E-state index contributed by atoms with van der Waals surface area (Å²) in [6.45, 7) is 4.73. The summed E-state index contributed by atoms with van der Waals surface area (Å²) in [6, 6.07) is 23.4. The first-order valence-corrected chi connectivity index (χ1v) is 10.4. The summed E-state index contributed by atoms with van der Waals surface area (Å²) >= 11 is 0. The van der Waals surface area contributed by atoms with Gasteiger partial charge in [0.15, 0.2) is 5.78 Å². The number of Topliss-reactive ketones (excluding diaryl/α,β-unsaturated/α-hetero) is 1. The second kappa shape index (κ2) is 10.5. The largest absolute Gasteiger partial charge is 0.497 e. The van der Waals surface area contributed by atoms with Gasteiger partial charge in [-0.15, -0.1) is 0 Å². The molecule has 4 heteroatoms. The van der Waals surface area contributed by atoms with Crippen LogP contribution in [0.4, 0.5) is 5.69 Å². The lowest BCUT2D eigenvalue weighted by molar-refractivity contribution is 0.0976. The molecule has 0 heterocycles. The normalized spacial score (nSPS) is 11.6. The molecule has 3 rings (SSSR count). The van der Waals surface area contributed by atoms with Gasteiger partial charge in [-0.1, -0.05) is 31.2 Å². The highest BCUT2D eigenvalue weighted by Crippen LogP contribution is 2.27. The van der Waals surface area contributed by atoms with Crippen molar-refractivity contribution in [1.29, 1.82) is 0 Å². The van der Waals surface area contributed by atoms with Crippen LogP contribution in [-0.2, 0) is 6.42 Å². The van der Waals surface area contributed by atoms with Crippen molar-refractivity contribution in [1.82, 2.24) is 0 Å². The Labute approximate surface area is 178 Å². The number of ketones is 1. The van der Waals surface area contributed by atoms with Crippen LogP contribution >= 0.6 is 0 Å². The van der Waals surface area contributed by atoms with Crippen molar-refractivity contribution in [2.45, 2.75) is 32.7 Å². The fraction of sp³-hybridized carbons (Fsp3) is 0.269. The van der Waals surface area contributed by atoms with Crippen molar-refractivity contribution in [3.8, 4) is 11.5 Å². The molecule has 0 spiro atoms. The van der Waals surface area contributed by atoms with Crippen molar-refractivity contribution >= 4 is 11.5 Å². The smallest absolute Gasteiger partial charge is 0.165 e. The third kappa shape index (κ3) is 5.63. The summed E-state index contributed by atoms with van der Waals surface area (Å²) in [5.41, 5.74) is 4.00. The summed E-state index contributed by atoms with van der Waals surface area (Å²) in [7, 11) is 1.62. The third-order valence-electron chi connectivity index (χ3n) is 5.10. The number of methoxy groups -OCH3 is 1. The lowest BCUT2D eigenvalue weighted by Crippen LogP contribution is -2.16. The van der Waals surface area contributed by atoms with Gasteiger partial charge >= 0.3 is 0 Å². The Morgan fingerprint density at radius 1 is 0.867 bits per heavy atom. The molecular weight excluding hydrogens is 374 g/mol. The zero-order chi connectivity index (χ0) is 21.3. The number of carbonyl (C=O) groups excluding carboxylic acids is 1. The Balaban J connectivity index is 1.82.